The first-order valence-corrected chi connectivity index (χ1v) is 9.29. The summed E-state index contributed by atoms with van der Waals surface area (Å²) in [5.41, 5.74) is 3.48. The molecule has 2 heterocycles. The molecular formula is C22H23N3O2. The quantitative estimate of drug-likeness (QED) is 0.785. The van der Waals surface area contributed by atoms with Crippen molar-refractivity contribution >= 4 is 28.8 Å². The molecule has 5 heteroatoms. The molecule has 0 atom stereocenters. The summed E-state index contributed by atoms with van der Waals surface area (Å²) in [6, 6.07) is 17.0. The molecule has 1 saturated heterocycles. The van der Waals surface area contributed by atoms with Crippen molar-refractivity contribution in [1.29, 1.82) is 0 Å². The number of nitrogens with zero attached hydrogens (tertiary/aromatic N) is 3. The Morgan fingerprint density at radius 3 is 2.04 bits per heavy atom. The lowest BCUT2D eigenvalue weighted by molar-refractivity contribution is -0.120. The van der Waals surface area contributed by atoms with Crippen LogP contribution in [0.3, 0.4) is 0 Å². The predicted octanol–water partition coefficient (Wildman–Crippen LogP) is 3.13. The number of hydrogen-bond acceptors (Lipinski definition) is 4. The van der Waals surface area contributed by atoms with Gasteiger partial charge in [0.15, 0.2) is 0 Å². The fourth-order valence-electron chi connectivity index (χ4n) is 3.75. The molecular weight excluding hydrogens is 338 g/mol. The fourth-order valence-corrected chi connectivity index (χ4v) is 3.75. The average Bonchev–Trinajstić information content (AvgIpc) is 3.29. The van der Waals surface area contributed by atoms with E-state index in [-0.39, 0.29) is 11.8 Å². The van der Waals surface area contributed by atoms with Crippen LogP contribution in [-0.4, -0.2) is 43.9 Å². The third-order valence-corrected chi connectivity index (χ3v) is 5.17. The fraction of sp³-hybridized carbons (Fsp3) is 0.273. The highest BCUT2D eigenvalue weighted by molar-refractivity contribution is 6.45. The molecule has 0 unspecified atom stereocenters. The number of carbonyl (C=O) groups excluding carboxylic acids is 2. The second-order valence-corrected chi connectivity index (χ2v) is 7.14. The van der Waals surface area contributed by atoms with E-state index in [1.54, 1.807) is 0 Å². The molecule has 2 amide bonds. The monoisotopic (exact) mass is 361 g/mol. The van der Waals surface area contributed by atoms with Crippen molar-refractivity contribution in [1.82, 2.24) is 4.90 Å². The van der Waals surface area contributed by atoms with Crippen molar-refractivity contribution < 1.29 is 9.59 Å². The molecule has 2 aliphatic heterocycles. The van der Waals surface area contributed by atoms with E-state index in [4.69, 9.17) is 0 Å². The molecule has 0 spiro atoms. The molecule has 0 N–H and O–H groups in total. The van der Waals surface area contributed by atoms with Crippen molar-refractivity contribution in [2.75, 3.05) is 37.0 Å². The summed E-state index contributed by atoms with van der Waals surface area (Å²) in [6.07, 6.45) is 2.09. The summed E-state index contributed by atoms with van der Waals surface area (Å²) in [7, 11) is 3.92. The zero-order valence-corrected chi connectivity index (χ0v) is 15.7. The number of rotatable bonds is 4. The smallest absolute Gasteiger partial charge is 0.282 e. The summed E-state index contributed by atoms with van der Waals surface area (Å²) < 4.78 is 0. The molecule has 5 nitrogen and oxygen atoms in total. The van der Waals surface area contributed by atoms with Crippen LogP contribution >= 0.6 is 0 Å². The van der Waals surface area contributed by atoms with Crippen LogP contribution in [0.5, 0.6) is 0 Å². The van der Waals surface area contributed by atoms with E-state index in [0.717, 1.165) is 37.2 Å². The van der Waals surface area contributed by atoms with Crippen molar-refractivity contribution in [2.45, 2.75) is 12.8 Å². The topological polar surface area (TPSA) is 43.9 Å². The van der Waals surface area contributed by atoms with Gasteiger partial charge in [-0.15, -0.1) is 0 Å². The Morgan fingerprint density at radius 1 is 0.815 bits per heavy atom. The highest BCUT2D eigenvalue weighted by Gasteiger charge is 2.42. The maximum absolute atomic E-state index is 13.3. The normalized spacial score (nSPS) is 17.3. The lowest BCUT2D eigenvalue weighted by atomic mass is 10.0. The molecule has 0 aliphatic carbocycles. The Morgan fingerprint density at radius 2 is 1.44 bits per heavy atom. The molecule has 4 rings (SSSR count). The predicted molar refractivity (Wildman–Crippen MR) is 107 cm³/mol. The van der Waals surface area contributed by atoms with Gasteiger partial charge in [0.25, 0.3) is 11.8 Å². The zero-order chi connectivity index (χ0) is 19.0. The Labute approximate surface area is 159 Å². The maximum Gasteiger partial charge on any atom is 0.282 e. The minimum absolute atomic E-state index is 0.224. The van der Waals surface area contributed by atoms with Crippen LogP contribution in [0.4, 0.5) is 11.4 Å². The molecule has 1 fully saturated rings. The number of anilines is 2. The Hall–Kier alpha value is -3.08. The molecule has 2 aromatic rings. The Kier molecular flexibility index (Phi) is 4.44. The lowest BCUT2D eigenvalue weighted by Crippen LogP contribution is -2.34. The number of carbonyl (C=O) groups is 2. The van der Waals surface area contributed by atoms with Gasteiger partial charge in [-0.1, -0.05) is 30.3 Å². The van der Waals surface area contributed by atoms with Crippen LogP contribution in [0, 0.1) is 0 Å². The first-order valence-electron chi connectivity index (χ1n) is 9.29. The Bertz CT molecular complexity index is 895. The van der Waals surface area contributed by atoms with E-state index in [9.17, 15) is 9.59 Å². The van der Waals surface area contributed by atoms with Gasteiger partial charge in [0.2, 0.25) is 0 Å². The van der Waals surface area contributed by atoms with Crippen LogP contribution < -0.4 is 9.80 Å². The molecule has 2 aromatic carbocycles. The van der Waals surface area contributed by atoms with Crippen molar-refractivity contribution in [3.8, 4) is 0 Å². The lowest BCUT2D eigenvalue weighted by Gasteiger charge is -2.21. The number of imide groups is 1. The van der Waals surface area contributed by atoms with Gasteiger partial charge >= 0.3 is 0 Å². The second-order valence-electron chi connectivity index (χ2n) is 7.14. The van der Waals surface area contributed by atoms with E-state index < -0.39 is 0 Å². The summed E-state index contributed by atoms with van der Waals surface area (Å²) in [5.74, 6) is -0.468. The van der Waals surface area contributed by atoms with Gasteiger partial charge < -0.3 is 9.80 Å². The van der Waals surface area contributed by atoms with Crippen molar-refractivity contribution in [3.63, 3.8) is 0 Å². The minimum Gasteiger partial charge on any atom is -0.378 e. The number of benzene rings is 2. The highest BCUT2D eigenvalue weighted by Crippen LogP contribution is 2.36. The van der Waals surface area contributed by atoms with Crippen molar-refractivity contribution in [2.24, 2.45) is 0 Å². The van der Waals surface area contributed by atoms with Crippen molar-refractivity contribution in [3.05, 3.63) is 65.9 Å². The van der Waals surface area contributed by atoms with Crippen LogP contribution in [0.15, 0.2) is 60.3 Å². The summed E-state index contributed by atoms with van der Waals surface area (Å²) in [4.78, 5) is 32.0. The van der Waals surface area contributed by atoms with Gasteiger partial charge in [0, 0.05) is 32.9 Å². The van der Waals surface area contributed by atoms with E-state index in [1.165, 1.54) is 4.90 Å². The summed E-state index contributed by atoms with van der Waals surface area (Å²) in [6.45, 7) is 1.64. The minimum atomic E-state index is -0.245. The number of hydrogen-bond donors (Lipinski definition) is 0. The molecule has 0 bridgehead atoms. The van der Waals surface area contributed by atoms with Crippen LogP contribution in [0.1, 0.15) is 18.4 Å². The van der Waals surface area contributed by atoms with Gasteiger partial charge in [-0.05, 0) is 42.7 Å². The number of amides is 2. The highest BCUT2D eigenvalue weighted by atomic mass is 16.2. The van der Waals surface area contributed by atoms with Gasteiger partial charge in [0.1, 0.15) is 5.70 Å². The third-order valence-electron chi connectivity index (χ3n) is 5.17. The van der Waals surface area contributed by atoms with Crippen LogP contribution in [0.25, 0.3) is 5.57 Å². The van der Waals surface area contributed by atoms with E-state index in [1.807, 2.05) is 73.6 Å². The molecule has 27 heavy (non-hydrogen) atoms. The summed E-state index contributed by atoms with van der Waals surface area (Å²) >= 11 is 0. The average molecular weight is 361 g/mol. The van der Waals surface area contributed by atoms with E-state index in [2.05, 4.69) is 4.90 Å². The second kappa shape index (κ2) is 6.91. The first-order chi connectivity index (χ1) is 13.1. The standard InChI is InChI=1S/C22H23N3O2/c1-23(2)17-10-12-18(13-11-17)25-21(26)19(16-8-4-3-5-9-16)20(22(25)27)24-14-6-7-15-24/h3-5,8-13H,6-7,14-15H2,1-2H3. The van der Waals surface area contributed by atoms with Crippen LogP contribution in [-0.2, 0) is 9.59 Å². The van der Waals surface area contributed by atoms with Gasteiger partial charge in [-0.25, -0.2) is 4.90 Å². The maximum atomic E-state index is 13.3. The largest absolute Gasteiger partial charge is 0.378 e. The first kappa shape index (κ1) is 17.3. The van der Waals surface area contributed by atoms with Gasteiger partial charge in [-0.3, -0.25) is 9.59 Å². The van der Waals surface area contributed by atoms with Gasteiger partial charge in [-0.2, -0.15) is 0 Å². The van der Waals surface area contributed by atoms with Crippen LogP contribution in [0.2, 0.25) is 0 Å². The molecule has 0 aromatic heterocycles. The Balaban J connectivity index is 1.77. The van der Waals surface area contributed by atoms with E-state index in [0.29, 0.717) is 17.0 Å². The SMILES string of the molecule is CN(C)c1ccc(N2C(=O)C(c3ccccc3)=C(N3CCCC3)C2=O)cc1. The third kappa shape index (κ3) is 2.99. The zero-order valence-electron chi connectivity index (χ0n) is 15.7. The molecule has 0 saturated carbocycles. The molecule has 0 radical (unpaired) electrons. The molecule has 2 aliphatic rings. The van der Waals surface area contributed by atoms with Gasteiger partial charge in [0.05, 0.1) is 11.3 Å². The van der Waals surface area contributed by atoms with E-state index >= 15 is 0 Å². The number of likely N-dealkylation sites (tertiary alicyclic amines) is 1. The molecule has 138 valence electrons. The summed E-state index contributed by atoms with van der Waals surface area (Å²) in [5, 5.41) is 0.